The maximum absolute atomic E-state index is 12.9. The summed E-state index contributed by atoms with van der Waals surface area (Å²) in [6.07, 6.45) is 2.63. The largest absolute Gasteiger partial charge is 0.493 e. The Labute approximate surface area is 147 Å². The molecule has 0 saturated carbocycles. The van der Waals surface area contributed by atoms with Crippen LogP contribution in [-0.4, -0.2) is 61.3 Å². The molecule has 0 radical (unpaired) electrons. The quantitative estimate of drug-likeness (QED) is 0.792. The van der Waals surface area contributed by atoms with Crippen molar-refractivity contribution in [2.24, 2.45) is 0 Å². The summed E-state index contributed by atoms with van der Waals surface area (Å²) in [6, 6.07) is 5.21. The number of urea groups is 1. The fraction of sp³-hybridized carbons (Fsp3) is 0.556. The van der Waals surface area contributed by atoms with Gasteiger partial charge in [-0.2, -0.15) is 0 Å². The number of hydrogen-bond donors (Lipinski definition) is 1. The molecule has 0 spiro atoms. The minimum absolute atomic E-state index is 0.181. The molecule has 2 aliphatic rings. The van der Waals surface area contributed by atoms with Gasteiger partial charge >= 0.3 is 6.03 Å². The predicted molar refractivity (Wildman–Crippen MR) is 92.7 cm³/mol. The van der Waals surface area contributed by atoms with Crippen LogP contribution in [0.15, 0.2) is 18.2 Å². The van der Waals surface area contributed by atoms with Crippen molar-refractivity contribution in [1.29, 1.82) is 0 Å². The van der Waals surface area contributed by atoms with Crippen molar-refractivity contribution in [3.63, 3.8) is 0 Å². The van der Waals surface area contributed by atoms with Crippen LogP contribution in [0.25, 0.3) is 0 Å². The van der Waals surface area contributed by atoms with Crippen molar-refractivity contribution >= 4 is 11.9 Å². The van der Waals surface area contributed by atoms with E-state index in [9.17, 15) is 9.59 Å². The van der Waals surface area contributed by atoms with Crippen molar-refractivity contribution < 1.29 is 19.1 Å². The molecule has 2 heterocycles. The van der Waals surface area contributed by atoms with E-state index < -0.39 is 5.54 Å². The first-order valence-electron chi connectivity index (χ1n) is 8.54. The Balaban J connectivity index is 1.75. The Kier molecular flexibility index (Phi) is 4.85. The smallest absolute Gasteiger partial charge is 0.326 e. The Bertz CT molecular complexity index is 672. The summed E-state index contributed by atoms with van der Waals surface area (Å²) in [5.41, 5.74) is -0.0482. The summed E-state index contributed by atoms with van der Waals surface area (Å²) in [7, 11) is 3.15. The number of rotatable bonds is 6. The molecule has 136 valence electrons. The first kappa shape index (κ1) is 17.5. The molecule has 1 aromatic carbocycles. The molecule has 1 atom stereocenters. The van der Waals surface area contributed by atoms with Crippen LogP contribution in [0.3, 0.4) is 0 Å². The lowest BCUT2D eigenvalue weighted by Gasteiger charge is -2.24. The molecule has 3 amide bonds. The summed E-state index contributed by atoms with van der Waals surface area (Å²) in [5, 5.41) is 2.86. The van der Waals surface area contributed by atoms with Crippen LogP contribution in [0.2, 0.25) is 0 Å². The van der Waals surface area contributed by atoms with E-state index in [0.717, 1.165) is 31.5 Å². The van der Waals surface area contributed by atoms with E-state index in [1.54, 1.807) is 27.2 Å². The standard InChI is InChI=1S/C18H25N3O4/c1-18(11-13-6-7-14(24-2)15(10-13)25-3)16(22)21(17(23)19-18)12-20-8-4-5-9-20/h6-7,10H,4-5,8-9,11-12H2,1-3H3,(H,19,23)/t18-/m1/s1. The second kappa shape index (κ2) is 6.92. The third-order valence-electron chi connectivity index (χ3n) is 4.89. The topological polar surface area (TPSA) is 71.1 Å². The van der Waals surface area contributed by atoms with Crippen LogP contribution in [0.5, 0.6) is 11.5 Å². The number of likely N-dealkylation sites (tertiary alicyclic amines) is 1. The molecule has 3 rings (SSSR count). The number of nitrogens with one attached hydrogen (secondary N) is 1. The van der Waals surface area contributed by atoms with Crippen molar-refractivity contribution in [3.8, 4) is 11.5 Å². The summed E-state index contributed by atoms with van der Waals surface area (Å²) in [5.74, 6) is 1.06. The van der Waals surface area contributed by atoms with Gasteiger partial charge in [-0.3, -0.25) is 9.69 Å². The van der Waals surface area contributed by atoms with Gasteiger partial charge in [-0.1, -0.05) is 6.07 Å². The number of amides is 3. The number of hydrogen-bond acceptors (Lipinski definition) is 5. The van der Waals surface area contributed by atoms with Gasteiger partial charge in [0.2, 0.25) is 0 Å². The van der Waals surface area contributed by atoms with Gasteiger partial charge in [0.15, 0.2) is 11.5 Å². The molecule has 25 heavy (non-hydrogen) atoms. The lowest BCUT2D eigenvalue weighted by Crippen LogP contribution is -2.46. The molecular weight excluding hydrogens is 322 g/mol. The highest BCUT2D eigenvalue weighted by Gasteiger charge is 2.48. The van der Waals surface area contributed by atoms with Crippen LogP contribution in [-0.2, 0) is 11.2 Å². The number of methoxy groups -OCH3 is 2. The van der Waals surface area contributed by atoms with Crippen LogP contribution in [0, 0.1) is 0 Å². The number of benzene rings is 1. The van der Waals surface area contributed by atoms with E-state index in [1.807, 2.05) is 12.1 Å². The molecular formula is C18H25N3O4. The van der Waals surface area contributed by atoms with E-state index in [4.69, 9.17) is 9.47 Å². The van der Waals surface area contributed by atoms with Gasteiger partial charge in [-0.05, 0) is 50.6 Å². The van der Waals surface area contributed by atoms with E-state index in [0.29, 0.717) is 24.6 Å². The highest BCUT2D eigenvalue weighted by Crippen LogP contribution is 2.30. The second-order valence-electron chi connectivity index (χ2n) is 6.83. The molecule has 7 heteroatoms. The van der Waals surface area contributed by atoms with E-state index in [1.165, 1.54) is 4.90 Å². The number of nitrogens with zero attached hydrogens (tertiary/aromatic N) is 2. The summed E-state index contributed by atoms with van der Waals surface area (Å²) in [4.78, 5) is 28.7. The molecule has 2 aliphatic heterocycles. The van der Waals surface area contributed by atoms with Gasteiger partial charge in [-0.15, -0.1) is 0 Å². The Morgan fingerprint density at radius 2 is 1.80 bits per heavy atom. The normalized spacial score (nSPS) is 23.9. The lowest BCUT2D eigenvalue weighted by molar-refractivity contribution is -0.132. The first-order valence-corrected chi connectivity index (χ1v) is 8.54. The number of ether oxygens (including phenoxy) is 2. The zero-order valence-corrected chi connectivity index (χ0v) is 15.0. The summed E-state index contributed by atoms with van der Waals surface area (Å²) >= 11 is 0. The van der Waals surface area contributed by atoms with Crippen LogP contribution >= 0.6 is 0 Å². The molecule has 7 nitrogen and oxygen atoms in total. The van der Waals surface area contributed by atoms with Gasteiger partial charge < -0.3 is 14.8 Å². The molecule has 1 N–H and O–H groups in total. The van der Waals surface area contributed by atoms with E-state index >= 15 is 0 Å². The van der Waals surface area contributed by atoms with Crippen molar-refractivity contribution in [2.45, 2.75) is 31.7 Å². The van der Waals surface area contributed by atoms with E-state index in [-0.39, 0.29) is 11.9 Å². The minimum atomic E-state index is -0.948. The number of imide groups is 1. The zero-order chi connectivity index (χ0) is 18.0. The van der Waals surface area contributed by atoms with Gasteiger partial charge in [0, 0.05) is 6.42 Å². The van der Waals surface area contributed by atoms with Gasteiger partial charge in [0.25, 0.3) is 5.91 Å². The second-order valence-corrected chi connectivity index (χ2v) is 6.83. The van der Waals surface area contributed by atoms with Gasteiger partial charge in [0.05, 0.1) is 20.9 Å². The molecule has 2 fully saturated rings. The summed E-state index contributed by atoms with van der Waals surface area (Å²) in [6.45, 7) is 4.01. The highest BCUT2D eigenvalue weighted by atomic mass is 16.5. The lowest BCUT2D eigenvalue weighted by atomic mass is 9.92. The summed E-state index contributed by atoms with van der Waals surface area (Å²) < 4.78 is 10.6. The van der Waals surface area contributed by atoms with Crippen molar-refractivity contribution in [1.82, 2.24) is 15.1 Å². The maximum Gasteiger partial charge on any atom is 0.326 e. The zero-order valence-electron chi connectivity index (χ0n) is 15.0. The Morgan fingerprint density at radius 3 is 2.44 bits per heavy atom. The average Bonchev–Trinajstić information content (AvgIpc) is 3.18. The van der Waals surface area contributed by atoms with Crippen molar-refractivity contribution in [3.05, 3.63) is 23.8 Å². The van der Waals surface area contributed by atoms with Crippen LogP contribution < -0.4 is 14.8 Å². The Hall–Kier alpha value is -2.28. The highest BCUT2D eigenvalue weighted by molar-refractivity contribution is 6.06. The fourth-order valence-electron chi connectivity index (χ4n) is 3.52. The fourth-order valence-corrected chi connectivity index (χ4v) is 3.52. The van der Waals surface area contributed by atoms with E-state index in [2.05, 4.69) is 10.2 Å². The van der Waals surface area contributed by atoms with Gasteiger partial charge in [-0.25, -0.2) is 9.69 Å². The SMILES string of the molecule is COc1ccc(C[C@@]2(C)NC(=O)N(CN3CCCC3)C2=O)cc1OC. The molecule has 0 unspecified atom stereocenters. The maximum atomic E-state index is 12.9. The Morgan fingerprint density at radius 1 is 1.12 bits per heavy atom. The third kappa shape index (κ3) is 3.42. The first-order chi connectivity index (χ1) is 12.0. The molecule has 2 saturated heterocycles. The molecule has 1 aromatic rings. The number of carbonyl (C=O) groups excluding carboxylic acids is 2. The molecule has 0 bridgehead atoms. The monoisotopic (exact) mass is 347 g/mol. The van der Waals surface area contributed by atoms with Crippen molar-refractivity contribution in [2.75, 3.05) is 34.0 Å². The molecule has 0 aliphatic carbocycles. The predicted octanol–water partition coefficient (Wildman–Crippen LogP) is 1.61. The van der Waals surface area contributed by atoms with Crippen LogP contribution in [0.1, 0.15) is 25.3 Å². The molecule has 0 aromatic heterocycles. The van der Waals surface area contributed by atoms with Gasteiger partial charge in [0.1, 0.15) is 5.54 Å². The third-order valence-corrected chi connectivity index (χ3v) is 4.89. The number of carbonyl (C=O) groups is 2. The average molecular weight is 347 g/mol. The van der Waals surface area contributed by atoms with Crippen LogP contribution in [0.4, 0.5) is 4.79 Å². The minimum Gasteiger partial charge on any atom is -0.493 e.